The standard InChI is InChI=1S/C13H16BrF2NO2/c1-8-4-10(12(16)5-11(8)15)13(18)17(2)6-9(14)7-19-3/h4-5,9H,6-7H2,1-3H3. The van der Waals surface area contributed by atoms with E-state index >= 15 is 0 Å². The Morgan fingerprint density at radius 3 is 2.63 bits per heavy atom. The van der Waals surface area contributed by atoms with Crippen molar-refractivity contribution < 1.29 is 18.3 Å². The van der Waals surface area contributed by atoms with Crippen molar-refractivity contribution in [2.45, 2.75) is 11.8 Å². The highest BCUT2D eigenvalue weighted by Gasteiger charge is 2.20. The Kier molecular flexibility index (Phi) is 5.87. The lowest BCUT2D eigenvalue weighted by Crippen LogP contribution is -2.34. The summed E-state index contributed by atoms with van der Waals surface area (Å²) in [4.78, 5) is 13.4. The van der Waals surface area contributed by atoms with Crippen LogP contribution in [0.25, 0.3) is 0 Å². The Bertz CT molecular complexity index is 468. The molecule has 0 spiro atoms. The molecule has 1 atom stereocenters. The lowest BCUT2D eigenvalue weighted by Gasteiger charge is -2.20. The monoisotopic (exact) mass is 335 g/mol. The fourth-order valence-corrected chi connectivity index (χ4v) is 2.34. The molecule has 1 aromatic carbocycles. The Morgan fingerprint density at radius 2 is 2.05 bits per heavy atom. The van der Waals surface area contributed by atoms with E-state index < -0.39 is 17.5 Å². The number of carbonyl (C=O) groups excluding carboxylic acids is 1. The van der Waals surface area contributed by atoms with Gasteiger partial charge in [0.2, 0.25) is 0 Å². The first-order valence-electron chi connectivity index (χ1n) is 5.71. The van der Waals surface area contributed by atoms with Crippen LogP contribution in [-0.2, 0) is 4.74 Å². The fourth-order valence-electron chi connectivity index (χ4n) is 1.64. The van der Waals surface area contributed by atoms with E-state index in [0.29, 0.717) is 13.2 Å². The van der Waals surface area contributed by atoms with Crippen molar-refractivity contribution in [3.63, 3.8) is 0 Å². The largest absolute Gasteiger partial charge is 0.383 e. The maximum Gasteiger partial charge on any atom is 0.256 e. The number of methoxy groups -OCH3 is 1. The van der Waals surface area contributed by atoms with Gasteiger partial charge in [-0.15, -0.1) is 0 Å². The molecule has 1 rings (SSSR count). The zero-order valence-corrected chi connectivity index (χ0v) is 12.6. The van der Waals surface area contributed by atoms with Gasteiger partial charge in [-0.25, -0.2) is 8.78 Å². The molecule has 0 N–H and O–H groups in total. The van der Waals surface area contributed by atoms with Crippen molar-refractivity contribution in [2.75, 3.05) is 27.3 Å². The third-order valence-electron chi connectivity index (χ3n) is 2.64. The highest BCUT2D eigenvalue weighted by atomic mass is 79.9. The number of aryl methyl sites for hydroxylation is 1. The molecule has 0 aliphatic heterocycles. The second-order valence-corrected chi connectivity index (χ2v) is 5.61. The number of benzene rings is 1. The predicted octanol–water partition coefficient (Wildman–Crippen LogP) is 2.76. The predicted molar refractivity (Wildman–Crippen MR) is 72.6 cm³/mol. The van der Waals surface area contributed by atoms with Gasteiger partial charge in [0.25, 0.3) is 5.91 Å². The highest BCUT2D eigenvalue weighted by Crippen LogP contribution is 2.16. The summed E-state index contributed by atoms with van der Waals surface area (Å²) >= 11 is 3.35. The molecule has 0 fully saturated rings. The number of rotatable bonds is 5. The number of halogens is 3. The zero-order chi connectivity index (χ0) is 14.6. The minimum absolute atomic E-state index is 0.0453. The topological polar surface area (TPSA) is 29.5 Å². The molecule has 0 aromatic heterocycles. The molecule has 1 unspecified atom stereocenters. The van der Waals surface area contributed by atoms with Crippen LogP contribution in [0.5, 0.6) is 0 Å². The summed E-state index contributed by atoms with van der Waals surface area (Å²) in [5, 5.41) is 0. The number of hydrogen-bond acceptors (Lipinski definition) is 2. The van der Waals surface area contributed by atoms with Gasteiger partial charge in [0, 0.05) is 26.8 Å². The van der Waals surface area contributed by atoms with Crippen LogP contribution in [0, 0.1) is 18.6 Å². The lowest BCUT2D eigenvalue weighted by molar-refractivity contribution is 0.0779. The van der Waals surface area contributed by atoms with Crippen LogP contribution in [0.4, 0.5) is 8.78 Å². The molecular weight excluding hydrogens is 320 g/mol. The molecule has 0 aliphatic carbocycles. The number of ether oxygens (including phenoxy) is 1. The SMILES string of the molecule is COCC(Br)CN(C)C(=O)c1cc(C)c(F)cc1F. The van der Waals surface area contributed by atoms with Gasteiger partial charge in [0.05, 0.1) is 17.0 Å². The van der Waals surface area contributed by atoms with Crippen LogP contribution < -0.4 is 0 Å². The maximum absolute atomic E-state index is 13.6. The van der Waals surface area contributed by atoms with E-state index in [1.54, 1.807) is 14.2 Å². The van der Waals surface area contributed by atoms with E-state index in [2.05, 4.69) is 15.9 Å². The quantitative estimate of drug-likeness (QED) is 0.774. The van der Waals surface area contributed by atoms with E-state index in [9.17, 15) is 13.6 Å². The molecule has 1 aromatic rings. The lowest BCUT2D eigenvalue weighted by atomic mass is 10.1. The van der Waals surface area contributed by atoms with E-state index in [-0.39, 0.29) is 16.0 Å². The molecule has 0 saturated heterocycles. The van der Waals surface area contributed by atoms with Crippen molar-refractivity contribution in [1.82, 2.24) is 4.90 Å². The molecule has 1 amide bonds. The molecule has 19 heavy (non-hydrogen) atoms. The van der Waals surface area contributed by atoms with Crippen LogP contribution >= 0.6 is 15.9 Å². The van der Waals surface area contributed by atoms with Gasteiger partial charge in [-0.05, 0) is 18.6 Å². The molecule has 0 radical (unpaired) electrons. The average molecular weight is 336 g/mol. The van der Waals surface area contributed by atoms with Crippen LogP contribution in [0.2, 0.25) is 0 Å². The minimum Gasteiger partial charge on any atom is -0.383 e. The molecule has 106 valence electrons. The Labute approximate surface area is 119 Å². The average Bonchev–Trinajstić information content (AvgIpc) is 2.33. The fraction of sp³-hybridized carbons (Fsp3) is 0.462. The number of alkyl halides is 1. The van der Waals surface area contributed by atoms with E-state index in [4.69, 9.17) is 4.74 Å². The van der Waals surface area contributed by atoms with E-state index in [1.807, 2.05) is 0 Å². The van der Waals surface area contributed by atoms with Crippen molar-refractivity contribution in [3.05, 3.63) is 34.9 Å². The smallest absolute Gasteiger partial charge is 0.256 e. The van der Waals surface area contributed by atoms with Gasteiger partial charge < -0.3 is 9.64 Å². The number of nitrogens with zero attached hydrogens (tertiary/aromatic N) is 1. The second-order valence-electron chi connectivity index (χ2n) is 4.32. The van der Waals surface area contributed by atoms with Gasteiger partial charge in [-0.2, -0.15) is 0 Å². The van der Waals surface area contributed by atoms with E-state index in [1.165, 1.54) is 17.9 Å². The van der Waals surface area contributed by atoms with Gasteiger partial charge in [-0.3, -0.25) is 4.79 Å². The summed E-state index contributed by atoms with van der Waals surface area (Å²) in [5.74, 6) is -1.99. The Balaban J connectivity index is 2.85. The summed E-state index contributed by atoms with van der Waals surface area (Å²) in [6.07, 6.45) is 0. The maximum atomic E-state index is 13.6. The van der Waals surface area contributed by atoms with Gasteiger partial charge in [0.15, 0.2) is 0 Å². The first kappa shape index (κ1) is 16.0. The van der Waals surface area contributed by atoms with E-state index in [0.717, 1.165) is 6.07 Å². The Morgan fingerprint density at radius 1 is 1.42 bits per heavy atom. The van der Waals surface area contributed by atoms with Crippen molar-refractivity contribution >= 4 is 21.8 Å². The summed E-state index contributed by atoms with van der Waals surface area (Å²) in [7, 11) is 3.11. The molecule has 0 saturated carbocycles. The summed E-state index contributed by atoms with van der Waals surface area (Å²) in [6.45, 7) is 2.29. The van der Waals surface area contributed by atoms with Gasteiger partial charge >= 0.3 is 0 Å². The highest BCUT2D eigenvalue weighted by molar-refractivity contribution is 9.09. The van der Waals surface area contributed by atoms with Crippen molar-refractivity contribution in [2.24, 2.45) is 0 Å². The van der Waals surface area contributed by atoms with Gasteiger partial charge in [0.1, 0.15) is 11.6 Å². The van der Waals surface area contributed by atoms with Crippen LogP contribution in [0.1, 0.15) is 15.9 Å². The van der Waals surface area contributed by atoms with Gasteiger partial charge in [-0.1, -0.05) is 15.9 Å². The van der Waals surface area contributed by atoms with Crippen LogP contribution in [0.3, 0.4) is 0 Å². The number of hydrogen-bond donors (Lipinski definition) is 0. The molecule has 0 heterocycles. The summed E-state index contributed by atoms with van der Waals surface area (Å²) in [5.41, 5.74) is 0.115. The third-order valence-corrected chi connectivity index (χ3v) is 3.20. The molecular formula is C13H16BrF2NO2. The third kappa shape index (κ3) is 4.24. The normalized spacial score (nSPS) is 12.3. The zero-order valence-electron chi connectivity index (χ0n) is 11.0. The molecule has 0 aliphatic rings. The summed E-state index contributed by atoms with van der Waals surface area (Å²) in [6, 6.07) is 1.96. The van der Waals surface area contributed by atoms with Crippen molar-refractivity contribution in [3.8, 4) is 0 Å². The molecule has 0 bridgehead atoms. The van der Waals surface area contributed by atoms with Crippen LogP contribution in [0.15, 0.2) is 12.1 Å². The minimum atomic E-state index is -0.849. The number of carbonyl (C=O) groups is 1. The van der Waals surface area contributed by atoms with Crippen molar-refractivity contribution in [1.29, 1.82) is 0 Å². The van der Waals surface area contributed by atoms with Crippen LogP contribution in [-0.4, -0.2) is 42.9 Å². The molecule has 3 nitrogen and oxygen atoms in total. The molecule has 6 heteroatoms. The first-order valence-corrected chi connectivity index (χ1v) is 6.62. The first-order chi connectivity index (χ1) is 8.86. The Hall–Kier alpha value is -1.01. The summed E-state index contributed by atoms with van der Waals surface area (Å²) < 4.78 is 31.7. The second kappa shape index (κ2) is 6.96. The number of amides is 1.